The Morgan fingerprint density at radius 3 is 2.55 bits per heavy atom. The van der Waals surface area contributed by atoms with Gasteiger partial charge in [-0.15, -0.1) is 0 Å². The van der Waals surface area contributed by atoms with E-state index in [1.54, 1.807) is 6.07 Å². The Kier molecular flexibility index (Phi) is 3.28. The lowest BCUT2D eigenvalue weighted by Gasteiger charge is -2.37. The molecular formula is C15H20N2O3. The van der Waals surface area contributed by atoms with Gasteiger partial charge in [0.2, 0.25) is 5.91 Å². The first-order valence-corrected chi connectivity index (χ1v) is 7.27. The molecule has 2 aliphatic rings. The molecule has 20 heavy (non-hydrogen) atoms. The lowest BCUT2D eigenvalue weighted by atomic mass is 9.77. The predicted octanol–water partition coefficient (Wildman–Crippen LogP) is 1.75. The van der Waals surface area contributed by atoms with Gasteiger partial charge in [0.15, 0.2) is 0 Å². The summed E-state index contributed by atoms with van der Waals surface area (Å²) >= 11 is 0. The van der Waals surface area contributed by atoms with Crippen LogP contribution >= 0.6 is 0 Å². The van der Waals surface area contributed by atoms with E-state index >= 15 is 0 Å². The third-order valence-corrected chi connectivity index (χ3v) is 4.76. The molecule has 0 bridgehead atoms. The summed E-state index contributed by atoms with van der Waals surface area (Å²) in [4.78, 5) is 28.4. The molecule has 2 saturated heterocycles. The maximum atomic E-state index is 12.4. The molecule has 1 spiro atoms. The number of carbonyl (C=O) groups excluding carboxylic acids is 2. The van der Waals surface area contributed by atoms with Crippen LogP contribution in [0.2, 0.25) is 0 Å². The maximum Gasteiger partial charge on any atom is 0.257 e. The molecule has 0 atom stereocenters. The van der Waals surface area contributed by atoms with Gasteiger partial charge < -0.3 is 14.2 Å². The predicted molar refractivity (Wildman–Crippen MR) is 73.1 cm³/mol. The van der Waals surface area contributed by atoms with Gasteiger partial charge in [0, 0.05) is 26.2 Å². The zero-order valence-electron chi connectivity index (χ0n) is 11.8. The fraction of sp³-hybridized carbons (Fsp3) is 0.600. The molecule has 0 aromatic carbocycles. The second-order valence-electron chi connectivity index (χ2n) is 5.72. The molecular weight excluding hydrogens is 256 g/mol. The summed E-state index contributed by atoms with van der Waals surface area (Å²) < 4.78 is 4.96. The van der Waals surface area contributed by atoms with Crippen LogP contribution in [0.25, 0.3) is 0 Å². The molecule has 3 rings (SSSR count). The molecule has 0 radical (unpaired) electrons. The van der Waals surface area contributed by atoms with Gasteiger partial charge in [0.1, 0.15) is 6.26 Å². The summed E-state index contributed by atoms with van der Waals surface area (Å²) in [6.45, 7) is 5.00. The molecule has 5 nitrogen and oxygen atoms in total. The van der Waals surface area contributed by atoms with E-state index in [0.717, 1.165) is 32.4 Å². The van der Waals surface area contributed by atoms with Crippen LogP contribution in [0, 0.1) is 5.41 Å². The van der Waals surface area contributed by atoms with Gasteiger partial charge >= 0.3 is 0 Å². The van der Waals surface area contributed by atoms with Crippen molar-refractivity contribution in [2.45, 2.75) is 26.2 Å². The van der Waals surface area contributed by atoms with E-state index in [2.05, 4.69) is 0 Å². The highest BCUT2D eigenvalue weighted by Gasteiger charge is 2.48. The summed E-state index contributed by atoms with van der Waals surface area (Å²) in [7, 11) is 0. The van der Waals surface area contributed by atoms with Crippen molar-refractivity contribution < 1.29 is 14.0 Å². The molecule has 2 aliphatic heterocycles. The number of rotatable bonds is 2. The largest absolute Gasteiger partial charge is 0.472 e. The van der Waals surface area contributed by atoms with Crippen molar-refractivity contribution in [2.24, 2.45) is 5.41 Å². The Hall–Kier alpha value is -1.78. The van der Waals surface area contributed by atoms with Gasteiger partial charge in [-0.05, 0) is 32.3 Å². The van der Waals surface area contributed by atoms with Crippen molar-refractivity contribution in [1.29, 1.82) is 0 Å². The minimum Gasteiger partial charge on any atom is -0.472 e. The second kappa shape index (κ2) is 4.96. The van der Waals surface area contributed by atoms with E-state index in [1.807, 2.05) is 16.7 Å². The monoisotopic (exact) mass is 276 g/mol. The van der Waals surface area contributed by atoms with Crippen molar-refractivity contribution in [3.05, 3.63) is 24.2 Å². The number of carbonyl (C=O) groups is 2. The molecule has 1 aromatic heterocycles. The average Bonchev–Trinajstić information content (AvgIpc) is 3.10. The molecule has 0 aliphatic carbocycles. The van der Waals surface area contributed by atoms with Gasteiger partial charge in [-0.1, -0.05) is 0 Å². The molecule has 3 heterocycles. The first-order valence-electron chi connectivity index (χ1n) is 7.27. The summed E-state index contributed by atoms with van der Waals surface area (Å²) in [5, 5.41) is 0. The third-order valence-electron chi connectivity index (χ3n) is 4.76. The highest BCUT2D eigenvalue weighted by Crippen LogP contribution is 2.41. The van der Waals surface area contributed by atoms with Crippen LogP contribution < -0.4 is 0 Å². The molecule has 0 saturated carbocycles. The van der Waals surface area contributed by atoms with E-state index in [9.17, 15) is 9.59 Å². The smallest absolute Gasteiger partial charge is 0.257 e. The van der Waals surface area contributed by atoms with Crippen molar-refractivity contribution in [3.8, 4) is 0 Å². The van der Waals surface area contributed by atoms with Crippen LogP contribution in [0.3, 0.4) is 0 Å². The molecule has 1 aromatic rings. The Labute approximate surface area is 118 Å². The van der Waals surface area contributed by atoms with Gasteiger partial charge in [-0.2, -0.15) is 0 Å². The first-order chi connectivity index (χ1) is 9.66. The van der Waals surface area contributed by atoms with Gasteiger partial charge in [-0.25, -0.2) is 0 Å². The topological polar surface area (TPSA) is 53.8 Å². The summed E-state index contributed by atoms with van der Waals surface area (Å²) in [6.07, 6.45) is 5.50. The first kappa shape index (κ1) is 13.2. The molecule has 5 heteroatoms. The van der Waals surface area contributed by atoms with Crippen LogP contribution in [0.5, 0.6) is 0 Å². The molecule has 0 unspecified atom stereocenters. The minimum atomic E-state index is -0.205. The van der Waals surface area contributed by atoms with Gasteiger partial charge in [0.25, 0.3) is 5.91 Å². The SMILES string of the molecule is CCN1CCC2(CCN(C(=O)c3ccoc3)CC2)C1=O. The van der Waals surface area contributed by atoms with E-state index in [4.69, 9.17) is 4.42 Å². The number of likely N-dealkylation sites (tertiary alicyclic amines) is 2. The zero-order valence-corrected chi connectivity index (χ0v) is 11.8. The number of furan rings is 1. The van der Waals surface area contributed by atoms with Crippen LogP contribution in [-0.4, -0.2) is 47.8 Å². The van der Waals surface area contributed by atoms with Crippen molar-refractivity contribution in [2.75, 3.05) is 26.2 Å². The lowest BCUT2D eigenvalue weighted by Crippen LogP contribution is -2.46. The molecule has 2 fully saturated rings. The number of piperidine rings is 1. The van der Waals surface area contributed by atoms with Crippen molar-refractivity contribution in [1.82, 2.24) is 9.80 Å². The summed E-state index contributed by atoms with van der Waals surface area (Å²) in [5.41, 5.74) is 0.386. The van der Waals surface area contributed by atoms with E-state index in [0.29, 0.717) is 18.7 Å². The highest BCUT2D eigenvalue weighted by molar-refractivity contribution is 5.94. The minimum absolute atomic E-state index is 0.00592. The van der Waals surface area contributed by atoms with Gasteiger partial charge in [-0.3, -0.25) is 9.59 Å². The van der Waals surface area contributed by atoms with Crippen LogP contribution in [-0.2, 0) is 4.79 Å². The maximum absolute atomic E-state index is 12.4. The Bertz CT molecular complexity index is 501. The quantitative estimate of drug-likeness (QED) is 0.827. The zero-order chi connectivity index (χ0) is 14.2. The lowest BCUT2D eigenvalue weighted by molar-refractivity contribution is -0.137. The number of nitrogens with zero attached hydrogens (tertiary/aromatic N) is 2. The van der Waals surface area contributed by atoms with E-state index in [1.165, 1.54) is 12.5 Å². The number of hydrogen-bond donors (Lipinski definition) is 0. The van der Waals surface area contributed by atoms with Crippen molar-refractivity contribution in [3.63, 3.8) is 0 Å². The molecule has 0 N–H and O–H groups in total. The number of hydrogen-bond acceptors (Lipinski definition) is 3. The van der Waals surface area contributed by atoms with Gasteiger partial charge in [0.05, 0.1) is 17.2 Å². The highest BCUT2D eigenvalue weighted by atomic mass is 16.3. The Morgan fingerprint density at radius 1 is 1.30 bits per heavy atom. The second-order valence-corrected chi connectivity index (χ2v) is 5.72. The molecule has 108 valence electrons. The summed E-state index contributed by atoms with van der Waals surface area (Å²) in [6, 6.07) is 1.69. The fourth-order valence-electron chi connectivity index (χ4n) is 3.37. The standard InChI is InChI=1S/C15H20N2O3/c1-2-16-7-4-15(14(16)19)5-8-17(9-6-15)13(18)12-3-10-20-11-12/h3,10-11H,2,4-9H2,1H3. The van der Waals surface area contributed by atoms with Crippen LogP contribution in [0.4, 0.5) is 0 Å². The molecule has 2 amide bonds. The normalized spacial score (nSPS) is 21.8. The third kappa shape index (κ3) is 2.01. The Balaban J connectivity index is 1.66. The summed E-state index contributed by atoms with van der Waals surface area (Å²) in [5.74, 6) is 0.293. The number of amides is 2. The van der Waals surface area contributed by atoms with Crippen molar-refractivity contribution >= 4 is 11.8 Å². The Morgan fingerprint density at radius 2 is 2.00 bits per heavy atom. The van der Waals surface area contributed by atoms with Crippen LogP contribution in [0.15, 0.2) is 23.0 Å². The average molecular weight is 276 g/mol. The fourth-order valence-corrected chi connectivity index (χ4v) is 3.37. The van der Waals surface area contributed by atoms with Crippen LogP contribution in [0.1, 0.15) is 36.5 Å². The van der Waals surface area contributed by atoms with E-state index < -0.39 is 0 Å². The van der Waals surface area contributed by atoms with E-state index in [-0.39, 0.29) is 17.2 Å².